The van der Waals surface area contributed by atoms with E-state index < -0.39 is 11.7 Å². The molecule has 2 rings (SSSR count). The van der Waals surface area contributed by atoms with Gasteiger partial charge in [-0.15, -0.1) is 0 Å². The van der Waals surface area contributed by atoms with Gasteiger partial charge in [-0.25, -0.2) is 4.99 Å². The van der Waals surface area contributed by atoms with Crippen molar-refractivity contribution < 1.29 is 17.9 Å². The highest BCUT2D eigenvalue weighted by Gasteiger charge is 2.30. The number of halogens is 3. The molecule has 1 aliphatic rings. The topological polar surface area (TPSA) is 47.6 Å². The van der Waals surface area contributed by atoms with Crippen molar-refractivity contribution in [2.45, 2.75) is 31.5 Å². The van der Waals surface area contributed by atoms with E-state index in [-0.39, 0.29) is 6.04 Å². The van der Waals surface area contributed by atoms with Gasteiger partial charge in [-0.2, -0.15) is 13.2 Å². The lowest BCUT2D eigenvalue weighted by atomic mass is 10.1. The Bertz CT molecular complexity index is 468. The van der Waals surface area contributed by atoms with E-state index in [2.05, 4.69) is 4.99 Å². The Morgan fingerprint density at radius 2 is 1.95 bits per heavy atom. The fourth-order valence-corrected chi connectivity index (χ4v) is 2.05. The number of aliphatic imine (C=N–C) groups is 1. The number of hydrogen-bond acceptors (Lipinski definition) is 3. The lowest BCUT2D eigenvalue weighted by Crippen LogP contribution is -2.09. The molecule has 110 valence electrons. The highest BCUT2D eigenvalue weighted by atomic mass is 19.4. The first kappa shape index (κ1) is 14.8. The van der Waals surface area contributed by atoms with Crippen LogP contribution >= 0.6 is 0 Å². The van der Waals surface area contributed by atoms with Crippen LogP contribution in [0.3, 0.4) is 0 Å². The van der Waals surface area contributed by atoms with E-state index in [4.69, 9.17) is 10.5 Å². The Balaban J connectivity index is 1.94. The van der Waals surface area contributed by atoms with Gasteiger partial charge in [-0.05, 0) is 37.1 Å². The number of ether oxygens (including phenoxy) is 1. The zero-order valence-electron chi connectivity index (χ0n) is 11.0. The maximum Gasteiger partial charge on any atom is 0.416 e. The second-order valence-electron chi connectivity index (χ2n) is 4.79. The van der Waals surface area contributed by atoms with Crippen molar-refractivity contribution in [2.24, 2.45) is 10.7 Å². The zero-order valence-corrected chi connectivity index (χ0v) is 11.0. The minimum Gasteiger partial charge on any atom is -0.478 e. The number of benzene rings is 1. The molecule has 0 aromatic heterocycles. The molecule has 0 saturated carbocycles. The molecule has 0 spiro atoms. The van der Waals surface area contributed by atoms with Crippen molar-refractivity contribution in [3.05, 3.63) is 35.4 Å². The molecule has 1 unspecified atom stereocenters. The van der Waals surface area contributed by atoms with Gasteiger partial charge in [-0.1, -0.05) is 12.1 Å². The fraction of sp³-hybridized carbons (Fsp3) is 0.500. The van der Waals surface area contributed by atoms with Gasteiger partial charge in [0.05, 0.1) is 11.6 Å². The van der Waals surface area contributed by atoms with E-state index in [0.29, 0.717) is 25.5 Å². The molecule has 0 saturated heterocycles. The van der Waals surface area contributed by atoms with Crippen LogP contribution in [0.1, 0.15) is 24.0 Å². The lowest BCUT2D eigenvalue weighted by Gasteiger charge is -2.07. The van der Waals surface area contributed by atoms with Crippen LogP contribution in [0.2, 0.25) is 0 Å². The first-order valence-electron chi connectivity index (χ1n) is 6.54. The van der Waals surface area contributed by atoms with Crippen LogP contribution < -0.4 is 5.73 Å². The maximum atomic E-state index is 12.4. The summed E-state index contributed by atoms with van der Waals surface area (Å²) in [6, 6.07) is 5.21. The van der Waals surface area contributed by atoms with Crippen LogP contribution in [-0.4, -0.2) is 25.1 Å². The van der Waals surface area contributed by atoms with Crippen molar-refractivity contribution in [3.8, 4) is 0 Å². The fourth-order valence-electron chi connectivity index (χ4n) is 2.05. The SMILES string of the molecule is NCCCC1COC(Cc2ccc(C(F)(F)F)cc2)=N1. The molecule has 0 bridgehead atoms. The second kappa shape index (κ2) is 6.26. The zero-order chi connectivity index (χ0) is 14.6. The predicted octanol–water partition coefficient (Wildman–Crippen LogP) is 2.78. The van der Waals surface area contributed by atoms with Crippen LogP contribution in [0.5, 0.6) is 0 Å². The van der Waals surface area contributed by atoms with Crippen LogP contribution in [0.15, 0.2) is 29.3 Å². The molecule has 0 amide bonds. The minimum absolute atomic E-state index is 0.128. The predicted molar refractivity (Wildman–Crippen MR) is 70.6 cm³/mol. The van der Waals surface area contributed by atoms with Crippen molar-refractivity contribution in [1.29, 1.82) is 0 Å². The van der Waals surface area contributed by atoms with Gasteiger partial charge >= 0.3 is 6.18 Å². The summed E-state index contributed by atoms with van der Waals surface area (Å²) in [7, 11) is 0. The van der Waals surface area contributed by atoms with Crippen molar-refractivity contribution in [2.75, 3.05) is 13.2 Å². The molecule has 6 heteroatoms. The van der Waals surface area contributed by atoms with Gasteiger partial charge in [0, 0.05) is 6.42 Å². The van der Waals surface area contributed by atoms with Crippen LogP contribution in [0.25, 0.3) is 0 Å². The molecule has 0 radical (unpaired) electrons. The third-order valence-corrected chi connectivity index (χ3v) is 3.15. The first-order chi connectivity index (χ1) is 9.49. The van der Waals surface area contributed by atoms with Gasteiger partial charge < -0.3 is 10.5 Å². The Morgan fingerprint density at radius 3 is 2.55 bits per heavy atom. The molecule has 1 aromatic carbocycles. The summed E-state index contributed by atoms with van der Waals surface area (Å²) in [6.45, 7) is 1.16. The molecule has 1 heterocycles. The van der Waals surface area contributed by atoms with Gasteiger partial charge in [0.15, 0.2) is 5.90 Å². The number of hydrogen-bond donors (Lipinski definition) is 1. The molecule has 1 atom stereocenters. The van der Waals surface area contributed by atoms with Gasteiger partial charge in [0.1, 0.15) is 6.61 Å². The summed E-state index contributed by atoms with van der Waals surface area (Å²) in [5.41, 5.74) is 5.55. The molecule has 1 aromatic rings. The van der Waals surface area contributed by atoms with E-state index in [1.807, 2.05) is 0 Å². The summed E-state index contributed by atoms with van der Waals surface area (Å²) in [4.78, 5) is 4.41. The second-order valence-corrected chi connectivity index (χ2v) is 4.79. The average molecular weight is 286 g/mol. The van der Waals surface area contributed by atoms with E-state index in [1.165, 1.54) is 12.1 Å². The standard InChI is InChI=1S/C14H17F3N2O/c15-14(16,17)11-5-3-10(4-6-11)8-13-19-12(9-20-13)2-1-7-18/h3-6,12H,1-2,7-9,18H2. The van der Waals surface area contributed by atoms with Crippen LogP contribution in [-0.2, 0) is 17.3 Å². The van der Waals surface area contributed by atoms with E-state index >= 15 is 0 Å². The molecule has 20 heavy (non-hydrogen) atoms. The molecule has 0 fully saturated rings. The largest absolute Gasteiger partial charge is 0.478 e. The first-order valence-corrected chi connectivity index (χ1v) is 6.54. The van der Waals surface area contributed by atoms with Crippen molar-refractivity contribution >= 4 is 5.90 Å². The van der Waals surface area contributed by atoms with E-state index in [0.717, 1.165) is 30.5 Å². The number of rotatable bonds is 5. The lowest BCUT2D eigenvalue weighted by molar-refractivity contribution is -0.137. The number of alkyl halides is 3. The molecular formula is C14H17F3N2O. The van der Waals surface area contributed by atoms with Gasteiger partial charge in [0.2, 0.25) is 0 Å². The smallest absolute Gasteiger partial charge is 0.416 e. The number of nitrogens with two attached hydrogens (primary N) is 1. The Morgan fingerprint density at radius 1 is 1.25 bits per heavy atom. The summed E-state index contributed by atoms with van der Waals surface area (Å²) in [5, 5.41) is 0. The third kappa shape index (κ3) is 3.96. The van der Waals surface area contributed by atoms with Gasteiger partial charge in [-0.3, -0.25) is 0 Å². The molecule has 0 aliphatic carbocycles. The molecule has 3 nitrogen and oxygen atoms in total. The Kier molecular flexibility index (Phi) is 4.65. The third-order valence-electron chi connectivity index (χ3n) is 3.15. The summed E-state index contributed by atoms with van der Waals surface area (Å²) < 4.78 is 42.8. The van der Waals surface area contributed by atoms with Crippen LogP contribution in [0.4, 0.5) is 13.2 Å². The molecular weight excluding hydrogens is 269 g/mol. The summed E-state index contributed by atoms with van der Waals surface area (Å²) in [5.74, 6) is 0.590. The molecule has 1 aliphatic heterocycles. The van der Waals surface area contributed by atoms with E-state index in [1.54, 1.807) is 0 Å². The van der Waals surface area contributed by atoms with Crippen molar-refractivity contribution in [3.63, 3.8) is 0 Å². The quantitative estimate of drug-likeness (QED) is 0.904. The maximum absolute atomic E-state index is 12.4. The van der Waals surface area contributed by atoms with Crippen LogP contribution in [0, 0.1) is 0 Å². The summed E-state index contributed by atoms with van der Waals surface area (Å²) in [6.07, 6.45) is -2.09. The van der Waals surface area contributed by atoms with Gasteiger partial charge in [0.25, 0.3) is 0 Å². The highest BCUT2D eigenvalue weighted by Crippen LogP contribution is 2.29. The normalized spacial score (nSPS) is 18.8. The molecule has 2 N–H and O–H groups in total. The summed E-state index contributed by atoms with van der Waals surface area (Å²) >= 11 is 0. The average Bonchev–Trinajstić information content (AvgIpc) is 2.83. The van der Waals surface area contributed by atoms with Crippen molar-refractivity contribution in [1.82, 2.24) is 0 Å². The Labute approximate surface area is 115 Å². The minimum atomic E-state index is -4.30. The number of nitrogens with zero attached hydrogens (tertiary/aromatic N) is 1. The monoisotopic (exact) mass is 286 g/mol. The highest BCUT2D eigenvalue weighted by molar-refractivity contribution is 5.80. The van der Waals surface area contributed by atoms with E-state index in [9.17, 15) is 13.2 Å². The Hall–Kier alpha value is -1.56.